The number of pyridine rings is 1. The largest absolute Gasteiger partial charge is 0.368 e. The van der Waals surface area contributed by atoms with Crippen molar-refractivity contribution in [1.29, 1.82) is 0 Å². The van der Waals surface area contributed by atoms with Crippen LogP contribution in [0, 0.1) is 13.8 Å². The van der Waals surface area contributed by atoms with Crippen LogP contribution in [0.1, 0.15) is 52.3 Å². The average molecular weight is 332 g/mol. The van der Waals surface area contributed by atoms with E-state index in [4.69, 9.17) is 9.26 Å². The molecule has 8 heteroatoms. The van der Waals surface area contributed by atoms with Gasteiger partial charge in [-0.3, -0.25) is 9.59 Å². The Morgan fingerprint density at radius 2 is 2.25 bits per heavy atom. The molecule has 0 bridgehead atoms. The SMILES string of the molecule is Cc1cc(C(=O)NCc2noc([C@H]3CCCO3)n2)c(=O)n(C)c1C. The van der Waals surface area contributed by atoms with E-state index in [-0.39, 0.29) is 23.8 Å². The van der Waals surface area contributed by atoms with Gasteiger partial charge < -0.3 is 19.1 Å². The van der Waals surface area contributed by atoms with Gasteiger partial charge in [0.15, 0.2) is 5.82 Å². The minimum Gasteiger partial charge on any atom is -0.368 e. The van der Waals surface area contributed by atoms with E-state index >= 15 is 0 Å². The van der Waals surface area contributed by atoms with Crippen LogP contribution in [0.5, 0.6) is 0 Å². The minimum atomic E-state index is -0.456. The van der Waals surface area contributed by atoms with E-state index in [0.29, 0.717) is 18.3 Å². The molecule has 0 aliphatic carbocycles. The maximum absolute atomic E-state index is 12.3. The third kappa shape index (κ3) is 3.09. The normalized spacial score (nSPS) is 17.2. The van der Waals surface area contributed by atoms with Crippen LogP contribution in [0.25, 0.3) is 0 Å². The summed E-state index contributed by atoms with van der Waals surface area (Å²) in [6.07, 6.45) is 1.66. The molecule has 1 aliphatic heterocycles. The van der Waals surface area contributed by atoms with Crippen molar-refractivity contribution in [2.75, 3.05) is 6.61 Å². The molecule has 24 heavy (non-hydrogen) atoms. The van der Waals surface area contributed by atoms with Gasteiger partial charge in [0.1, 0.15) is 11.7 Å². The molecular weight excluding hydrogens is 312 g/mol. The van der Waals surface area contributed by atoms with E-state index in [1.165, 1.54) is 4.57 Å². The lowest BCUT2D eigenvalue weighted by Crippen LogP contribution is -2.33. The zero-order valence-electron chi connectivity index (χ0n) is 14.0. The Labute approximate surface area is 138 Å². The van der Waals surface area contributed by atoms with Crippen LogP contribution < -0.4 is 10.9 Å². The molecule has 3 rings (SSSR count). The third-order valence-corrected chi connectivity index (χ3v) is 4.31. The van der Waals surface area contributed by atoms with Gasteiger partial charge >= 0.3 is 0 Å². The van der Waals surface area contributed by atoms with Crippen molar-refractivity contribution in [3.8, 4) is 0 Å². The molecule has 0 saturated carbocycles. The fourth-order valence-electron chi connectivity index (χ4n) is 2.64. The maximum Gasteiger partial charge on any atom is 0.263 e. The summed E-state index contributed by atoms with van der Waals surface area (Å²) in [5.74, 6) is 0.329. The van der Waals surface area contributed by atoms with Crippen LogP contribution in [0.15, 0.2) is 15.4 Å². The highest BCUT2D eigenvalue weighted by atomic mass is 16.5. The van der Waals surface area contributed by atoms with Crippen LogP contribution in [-0.2, 0) is 18.3 Å². The van der Waals surface area contributed by atoms with Crippen molar-refractivity contribution in [3.63, 3.8) is 0 Å². The Morgan fingerprint density at radius 1 is 1.46 bits per heavy atom. The van der Waals surface area contributed by atoms with Crippen LogP contribution in [0.4, 0.5) is 0 Å². The fraction of sp³-hybridized carbons (Fsp3) is 0.500. The van der Waals surface area contributed by atoms with Crippen molar-refractivity contribution in [2.45, 2.75) is 39.3 Å². The number of nitrogens with zero attached hydrogens (tertiary/aromatic N) is 3. The topological polar surface area (TPSA) is 99.2 Å². The summed E-state index contributed by atoms with van der Waals surface area (Å²) in [7, 11) is 1.65. The first-order valence-electron chi connectivity index (χ1n) is 7.87. The average Bonchev–Trinajstić information content (AvgIpc) is 3.24. The summed E-state index contributed by atoms with van der Waals surface area (Å²) in [5.41, 5.74) is 1.48. The van der Waals surface area contributed by atoms with Crippen LogP contribution >= 0.6 is 0 Å². The Kier molecular flexibility index (Phi) is 4.48. The molecule has 0 unspecified atom stereocenters. The standard InChI is InChI=1S/C16H20N4O4/c1-9-7-11(16(22)20(3)10(9)2)14(21)17-8-13-18-15(24-19-13)12-5-4-6-23-12/h7,12H,4-6,8H2,1-3H3,(H,17,21)/t12-/m1/s1. The molecule has 1 amide bonds. The van der Waals surface area contributed by atoms with Gasteiger partial charge in [-0.1, -0.05) is 5.16 Å². The highest BCUT2D eigenvalue weighted by Crippen LogP contribution is 2.26. The van der Waals surface area contributed by atoms with Crippen molar-refractivity contribution < 1.29 is 14.1 Å². The summed E-state index contributed by atoms with van der Waals surface area (Å²) in [5, 5.41) is 6.49. The summed E-state index contributed by atoms with van der Waals surface area (Å²) in [6.45, 7) is 4.48. The second kappa shape index (κ2) is 6.56. The molecule has 2 aromatic rings. The van der Waals surface area contributed by atoms with E-state index in [0.717, 1.165) is 24.1 Å². The van der Waals surface area contributed by atoms with Gasteiger partial charge in [-0.25, -0.2) is 0 Å². The van der Waals surface area contributed by atoms with E-state index in [2.05, 4.69) is 15.5 Å². The van der Waals surface area contributed by atoms with Crippen LogP contribution in [0.2, 0.25) is 0 Å². The van der Waals surface area contributed by atoms with E-state index in [1.807, 2.05) is 13.8 Å². The Morgan fingerprint density at radius 3 is 2.96 bits per heavy atom. The van der Waals surface area contributed by atoms with Crippen LogP contribution in [0.3, 0.4) is 0 Å². The number of carbonyl (C=O) groups is 1. The first kappa shape index (κ1) is 16.4. The molecule has 0 spiro atoms. The number of carbonyl (C=O) groups excluding carboxylic acids is 1. The Bertz CT molecular complexity index is 818. The molecule has 8 nitrogen and oxygen atoms in total. The van der Waals surface area contributed by atoms with Crippen molar-refractivity contribution in [1.82, 2.24) is 20.0 Å². The molecule has 0 radical (unpaired) electrons. The lowest BCUT2D eigenvalue weighted by Gasteiger charge is -2.10. The molecule has 3 heterocycles. The van der Waals surface area contributed by atoms with E-state index in [9.17, 15) is 9.59 Å². The zero-order chi connectivity index (χ0) is 17.3. The molecule has 1 N–H and O–H groups in total. The highest BCUT2D eigenvalue weighted by molar-refractivity contribution is 5.93. The van der Waals surface area contributed by atoms with Gasteiger partial charge in [0.25, 0.3) is 17.4 Å². The van der Waals surface area contributed by atoms with Gasteiger partial charge in [0, 0.05) is 19.3 Å². The monoisotopic (exact) mass is 332 g/mol. The number of aromatic nitrogens is 3. The molecule has 1 fully saturated rings. The van der Waals surface area contributed by atoms with E-state index in [1.54, 1.807) is 13.1 Å². The molecule has 1 saturated heterocycles. The first-order valence-corrected chi connectivity index (χ1v) is 7.87. The summed E-state index contributed by atoms with van der Waals surface area (Å²) in [4.78, 5) is 28.7. The van der Waals surface area contributed by atoms with Gasteiger partial charge in [0.05, 0.1) is 6.54 Å². The Balaban J connectivity index is 1.69. The Hall–Kier alpha value is -2.48. The van der Waals surface area contributed by atoms with Crippen LogP contribution in [-0.4, -0.2) is 27.2 Å². The number of amides is 1. The summed E-state index contributed by atoms with van der Waals surface area (Å²) < 4.78 is 12.1. The van der Waals surface area contributed by atoms with Crippen molar-refractivity contribution >= 4 is 5.91 Å². The maximum atomic E-state index is 12.3. The summed E-state index contributed by atoms with van der Waals surface area (Å²) >= 11 is 0. The second-order valence-corrected chi connectivity index (χ2v) is 5.92. The second-order valence-electron chi connectivity index (χ2n) is 5.92. The number of hydrogen-bond donors (Lipinski definition) is 1. The molecule has 1 aliphatic rings. The van der Waals surface area contributed by atoms with Gasteiger partial charge in [-0.15, -0.1) is 0 Å². The van der Waals surface area contributed by atoms with Crippen molar-refractivity contribution in [2.24, 2.45) is 7.05 Å². The number of rotatable bonds is 4. The number of hydrogen-bond acceptors (Lipinski definition) is 6. The number of ether oxygens (including phenoxy) is 1. The lowest BCUT2D eigenvalue weighted by molar-refractivity contribution is 0.0835. The molecule has 2 aromatic heterocycles. The zero-order valence-corrected chi connectivity index (χ0v) is 14.0. The third-order valence-electron chi connectivity index (χ3n) is 4.31. The smallest absolute Gasteiger partial charge is 0.263 e. The van der Waals surface area contributed by atoms with Gasteiger partial charge in [-0.05, 0) is 38.3 Å². The summed E-state index contributed by atoms with van der Waals surface area (Å²) in [6, 6.07) is 1.60. The predicted molar refractivity (Wildman–Crippen MR) is 84.6 cm³/mol. The molecule has 128 valence electrons. The van der Waals surface area contributed by atoms with E-state index < -0.39 is 5.91 Å². The minimum absolute atomic E-state index is 0.0884. The van der Waals surface area contributed by atoms with Gasteiger partial charge in [-0.2, -0.15) is 4.98 Å². The van der Waals surface area contributed by atoms with Crippen molar-refractivity contribution in [3.05, 3.63) is 45.0 Å². The predicted octanol–water partition coefficient (Wildman–Crippen LogP) is 1.17. The first-order chi connectivity index (χ1) is 11.5. The molecule has 1 atom stereocenters. The quantitative estimate of drug-likeness (QED) is 0.902. The highest BCUT2D eigenvalue weighted by Gasteiger charge is 2.24. The fourth-order valence-corrected chi connectivity index (χ4v) is 2.64. The number of aryl methyl sites for hydroxylation is 1. The number of nitrogens with one attached hydrogen (secondary N) is 1. The molecule has 0 aromatic carbocycles. The van der Waals surface area contributed by atoms with Gasteiger partial charge in [0.2, 0.25) is 0 Å². The lowest BCUT2D eigenvalue weighted by atomic mass is 10.1. The molecular formula is C16H20N4O4.